The fourth-order valence-electron chi connectivity index (χ4n) is 2.95. The zero-order chi connectivity index (χ0) is 19.6. The quantitative estimate of drug-likeness (QED) is 0.697. The molecule has 0 radical (unpaired) electrons. The topological polar surface area (TPSA) is 84.0 Å². The molecule has 0 aliphatic rings. The van der Waals surface area contributed by atoms with Crippen molar-refractivity contribution in [2.45, 2.75) is 32.7 Å². The van der Waals surface area contributed by atoms with Crippen LogP contribution in [0.15, 0.2) is 58.1 Å². The molecule has 3 aromatic rings. The molecule has 0 aliphatic heterocycles. The Morgan fingerprint density at radius 2 is 1.70 bits per heavy atom. The number of carbonyl (C=O) groups excluding carboxylic acids is 1. The second-order valence-corrected chi connectivity index (χ2v) is 7.51. The molecule has 0 unspecified atom stereocenters. The Labute approximate surface area is 156 Å². The Morgan fingerprint density at radius 1 is 1.04 bits per heavy atom. The highest BCUT2D eigenvalue weighted by atomic mass is 16.2. The van der Waals surface area contributed by atoms with E-state index in [2.05, 4.69) is 31.1 Å². The van der Waals surface area contributed by atoms with Gasteiger partial charge in [0.05, 0.1) is 11.0 Å². The van der Waals surface area contributed by atoms with Crippen LogP contribution in [0.1, 0.15) is 36.7 Å². The highest BCUT2D eigenvalue weighted by Crippen LogP contribution is 2.22. The van der Waals surface area contributed by atoms with Crippen molar-refractivity contribution in [3.8, 4) is 0 Å². The molecule has 0 spiro atoms. The van der Waals surface area contributed by atoms with Gasteiger partial charge in [0.1, 0.15) is 0 Å². The van der Waals surface area contributed by atoms with E-state index in [1.165, 1.54) is 4.57 Å². The van der Waals surface area contributed by atoms with E-state index in [0.717, 1.165) is 5.56 Å². The molecule has 2 aromatic carbocycles. The Kier molecular flexibility index (Phi) is 4.99. The molecule has 3 rings (SSSR count). The first-order chi connectivity index (χ1) is 12.8. The highest BCUT2D eigenvalue weighted by molar-refractivity contribution is 5.94. The molecule has 0 saturated heterocycles. The van der Waals surface area contributed by atoms with Crippen LogP contribution < -0.4 is 16.4 Å². The molecule has 1 heterocycles. The van der Waals surface area contributed by atoms with E-state index in [1.807, 2.05) is 12.1 Å². The zero-order valence-corrected chi connectivity index (χ0v) is 15.7. The van der Waals surface area contributed by atoms with E-state index < -0.39 is 11.1 Å². The van der Waals surface area contributed by atoms with Gasteiger partial charge in [-0.15, -0.1) is 0 Å². The number of nitrogens with zero attached hydrogens (tertiary/aromatic N) is 1. The van der Waals surface area contributed by atoms with Gasteiger partial charge in [-0.05, 0) is 35.2 Å². The number of nitrogens with one attached hydrogen (secondary N) is 2. The van der Waals surface area contributed by atoms with Gasteiger partial charge in [0.2, 0.25) is 0 Å². The molecule has 0 aliphatic carbocycles. The van der Waals surface area contributed by atoms with Gasteiger partial charge in [-0.2, -0.15) is 0 Å². The van der Waals surface area contributed by atoms with Gasteiger partial charge < -0.3 is 14.9 Å². The lowest BCUT2D eigenvalue weighted by molar-refractivity contribution is 0.0952. The molecule has 1 amide bonds. The van der Waals surface area contributed by atoms with Crippen molar-refractivity contribution in [1.82, 2.24) is 14.9 Å². The molecule has 6 nitrogen and oxygen atoms in total. The molecule has 2 N–H and O–H groups in total. The monoisotopic (exact) mass is 365 g/mol. The number of hydrogen-bond donors (Lipinski definition) is 2. The van der Waals surface area contributed by atoms with Crippen LogP contribution in [0.5, 0.6) is 0 Å². The number of hydrogen-bond acceptors (Lipinski definition) is 3. The fraction of sp³-hybridized carbons (Fsp3) is 0.286. The average molecular weight is 365 g/mol. The minimum absolute atomic E-state index is 0.0254. The van der Waals surface area contributed by atoms with Crippen LogP contribution in [0.4, 0.5) is 0 Å². The zero-order valence-electron chi connectivity index (χ0n) is 15.7. The second-order valence-electron chi connectivity index (χ2n) is 7.51. The van der Waals surface area contributed by atoms with Crippen LogP contribution in [0, 0.1) is 0 Å². The minimum Gasteiger partial charge on any atom is -0.350 e. The molecule has 0 fully saturated rings. The van der Waals surface area contributed by atoms with Crippen molar-refractivity contribution in [2.75, 3.05) is 6.54 Å². The Hall–Kier alpha value is -3.15. The first kappa shape index (κ1) is 18.6. The maximum absolute atomic E-state index is 12.3. The predicted octanol–water partition coefficient (Wildman–Crippen LogP) is 2.42. The van der Waals surface area contributed by atoms with E-state index >= 15 is 0 Å². The summed E-state index contributed by atoms with van der Waals surface area (Å²) in [7, 11) is 0. The summed E-state index contributed by atoms with van der Waals surface area (Å²) in [4.78, 5) is 38.9. The molecule has 0 saturated carbocycles. The lowest BCUT2D eigenvalue weighted by Gasteiger charge is -2.19. The molecular weight excluding hydrogens is 342 g/mol. The minimum atomic E-state index is -0.669. The Morgan fingerprint density at radius 3 is 2.37 bits per heavy atom. The maximum atomic E-state index is 12.3. The molecule has 0 bridgehead atoms. The van der Waals surface area contributed by atoms with E-state index in [0.29, 0.717) is 16.6 Å². The number of H-pyrrole nitrogens is 1. The largest absolute Gasteiger partial charge is 0.350 e. The van der Waals surface area contributed by atoms with Crippen molar-refractivity contribution >= 4 is 16.9 Å². The predicted molar refractivity (Wildman–Crippen MR) is 106 cm³/mol. The van der Waals surface area contributed by atoms with Crippen LogP contribution in [0.2, 0.25) is 0 Å². The van der Waals surface area contributed by atoms with E-state index in [9.17, 15) is 14.4 Å². The summed E-state index contributed by atoms with van der Waals surface area (Å²) >= 11 is 0. The van der Waals surface area contributed by atoms with Gasteiger partial charge >= 0.3 is 11.1 Å². The second kappa shape index (κ2) is 7.23. The third-order valence-corrected chi connectivity index (χ3v) is 4.52. The van der Waals surface area contributed by atoms with Gasteiger partial charge in [-0.1, -0.05) is 45.0 Å². The van der Waals surface area contributed by atoms with Crippen molar-refractivity contribution in [1.29, 1.82) is 0 Å². The van der Waals surface area contributed by atoms with Gasteiger partial charge in [-0.25, -0.2) is 0 Å². The fourth-order valence-corrected chi connectivity index (χ4v) is 2.95. The SMILES string of the molecule is CC(C)(C)c1ccc(C(=O)NCCn2c(=O)c(=O)[nH]c3ccccc32)cc1. The molecule has 1 aromatic heterocycles. The Bertz CT molecular complexity index is 1090. The van der Waals surface area contributed by atoms with Crippen LogP contribution in [-0.4, -0.2) is 22.0 Å². The highest BCUT2D eigenvalue weighted by Gasteiger charge is 2.14. The standard InChI is InChI=1S/C21H23N3O3/c1-21(2,3)15-10-8-14(9-11-15)18(25)22-12-13-24-17-7-5-4-6-16(17)23-19(26)20(24)27/h4-11H,12-13H2,1-3H3,(H,22,25)(H,23,26). The van der Waals surface area contributed by atoms with E-state index in [-0.39, 0.29) is 24.4 Å². The summed E-state index contributed by atoms with van der Waals surface area (Å²) < 4.78 is 1.39. The van der Waals surface area contributed by atoms with E-state index in [1.54, 1.807) is 36.4 Å². The number of para-hydroxylation sites is 2. The smallest absolute Gasteiger partial charge is 0.316 e. The Balaban J connectivity index is 1.73. The summed E-state index contributed by atoms with van der Waals surface area (Å²) in [5, 5.41) is 2.81. The van der Waals surface area contributed by atoms with Crippen LogP contribution in [-0.2, 0) is 12.0 Å². The van der Waals surface area contributed by atoms with Gasteiger partial charge in [-0.3, -0.25) is 14.4 Å². The lowest BCUT2D eigenvalue weighted by atomic mass is 9.87. The van der Waals surface area contributed by atoms with Gasteiger partial charge in [0.15, 0.2) is 0 Å². The van der Waals surface area contributed by atoms with Crippen molar-refractivity contribution < 1.29 is 4.79 Å². The van der Waals surface area contributed by atoms with Crippen LogP contribution in [0.25, 0.3) is 11.0 Å². The third kappa shape index (κ3) is 4.00. The first-order valence-corrected chi connectivity index (χ1v) is 8.88. The maximum Gasteiger partial charge on any atom is 0.316 e. The van der Waals surface area contributed by atoms with E-state index in [4.69, 9.17) is 0 Å². The number of aromatic amines is 1. The number of fused-ring (bicyclic) bond motifs is 1. The van der Waals surface area contributed by atoms with Gasteiger partial charge in [0.25, 0.3) is 5.91 Å². The average Bonchev–Trinajstić information content (AvgIpc) is 2.64. The number of amides is 1. The molecule has 0 atom stereocenters. The lowest BCUT2D eigenvalue weighted by Crippen LogP contribution is -2.39. The number of aromatic nitrogens is 2. The van der Waals surface area contributed by atoms with Crippen molar-refractivity contribution in [2.24, 2.45) is 0 Å². The summed E-state index contributed by atoms with van der Waals surface area (Å²) in [6, 6.07) is 14.6. The number of rotatable bonds is 4. The number of benzene rings is 2. The molecule has 140 valence electrons. The first-order valence-electron chi connectivity index (χ1n) is 8.88. The number of carbonyl (C=O) groups is 1. The summed E-state index contributed by atoms with van der Waals surface area (Å²) in [5.74, 6) is -0.211. The van der Waals surface area contributed by atoms with Crippen molar-refractivity contribution in [3.63, 3.8) is 0 Å². The molecule has 27 heavy (non-hydrogen) atoms. The summed E-state index contributed by atoms with van der Waals surface area (Å²) in [5.41, 5.74) is 1.66. The van der Waals surface area contributed by atoms with Crippen LogP contribution in [0.3, 0.4) is 0 Å². The van der Waals surface area contributed by atoms with Gasteiger partial charge in [0, 0.05) is 18.7 Å². The molecule has 6 heteroatoms. The third-order valence-electron chi connectivity index (χ3n) is 4.52. The molecular formula is C21H23N3O3. The van der Waals surface area contributed by atoms with Crippen LogP contribution >= 0.6 is 0 Å². The summed E-state index contributed by atoms with van der Waals surface area (Å²) in [6.07, 6.45) is 0. The summed E-state index contributed by atoms with van der Waals surface area (Å²) in [6.45, 7) is 6.81. The normalized spacial score (nSPS) is 11.5. The van der Waals surface area contributed by atoms with Crippen molar-refractivity contribution in [3.05, 3.63) is 80.4 Å².